The Morgan fingerprint density at radius 3 is 2.29 bits per heavy atom. The summed E-state index contributed by atoms with van der Waals surface area (Å²) in [5, 5.41) is 4.15. The molecule has 0 amide bonds. The van der Waals surface area contributed by atoms with Crippen LogP contribution in [0.1, 0.15) is 44.9 Å². The molecule has 0 spiro atoms. The minimum absolute atomic E-state index is 0.478. The van der Waals surface area contributed by atoms with Crippen LogP contribution in [0.3, 0.4) is 0 Å². The van der Waals surface area contributed by atoms with Crippen molar-refractivity contribution in [3.8, 4) is 0 Å². The van der Waals surface area contributed by atoms with E-state index in [-0.39, 0.29) is 0 Å². The lowest BCUT2D eigenvalue weighted by atomic mass is 10.0. The van der Waals surface area contributed by atoms with E-state index in [4.69, 9.17) is 0 Å². The predicted molar refractivity (Wildman–Crippen MR) is 64.1 cm³/mol. The molecule has 0 fully saturated rings. The lowest BCUT2D eigenvalue weighted by Crippen LogP contribution is -1.93. The van der Waals surface area contributed by atoms with Gasteiger partial charge < -0.3 is 0 Å². The van der Waals surface area contributed by atoms with E-state index in [1.54, 1.807) is 10.9 Å². The van der Waals surface area contributed by atoms with Gasteiger partial charge in [-0.05, 0) is 12.0 Å². The predicted octanol–water partition coefficient (Wildman–Crippen LogP) is 3.78. The molecule has 14 heavy (non-hydrogen) atoms. The van der Waals surface area contributed by atoms with Crippen LogP contribution in [0, 0.1) is 0 Å². The highest BCUT2D eigenvalue weighted by Gasteiger charge is 2.08. The Hall–Kier alpha value is -1.31. The zero-order valence-electron chi connectivity index (χ0n) is 9.62. The molecule has 0 aliphatic rings. The average molecular weight is 192 g/mol. The van der Waals surface area contributed by atoms with E-state index in [2.05, 4.69) is 32.1 Å². The molecule has 0 aliphatic carbocycles. The summed E-state index contributed by atoms with van der Waals surface area (Å²) < 4.78 is 1.74. The number of nitrogens with zero attached hydrogens (tertiary/aromatic N) is 2. The zero-order valence-corrected chi connectivity index (χ0v) is 9.62. The lowest BCUT2D eigenvalue weighted by Gasteiger charge is -2.03. The number of hydrogen-bond donors (Lipinski definition) is 0. The molecule has 1 aromatic rings. The van der Waals surface area contributed by atoms with E-state index in [9.17, 15) is 0 Å². The topological polar surface area (TPSA) is 17.8 Å². The fraction of sp³-hybridized carbons (Fsp3) is 0.417. The molecule has 2 nitrogen and oxygen atoms in total. The SMILES string of the molecule is C=Cc1c(C(C)C)cnn1C=C.CC. The van der Waals surface area contributed by atoms with Gasteiger partial charge in [-0.1, -0.05) is 40.9 Å². The molecule has 1 rings (SSSR count). The van der Waals surface area contributed by atoms with Gasteiger partial charge in [0.05, 0.1) is 11.9 Å². The van der Waals surface area contributed by atoms with Crippen LogP contribution < -0.4 is 0 Å². The highest BCUT2D eigenvalue weighted by Crippen LogP contribution is 2.19. The minimum Gasteiger partial charge on any atom is -0.241 e. The first kappa shape index (κ1) is 12.7. The summed E-state index contributed by atoms with van der Waals surface area (Å²) >= 11 is 0. The highest BCUT2D eigenvalue weighted by molar-refractivity contribution is 5.51. The van der Waals surface area contributed by atoms with E-state index in [0.29, 0.717) is 5.92 Å². The van der Waals surface area contributed by atoms with Crippen LogP contribution in [0.15, 0.2) is 19.4 Å². The summed E-state index contributed by atoms with van der Waals surface area (Å²) in [6.07, 6.45) is 5.36. The van der Waals surface area contributed by atoms with Crippen molar-refractivity contribution in [3.63, 3.8) is 0 Å². The Balaban J connectivity index is 0.000000791. The van der Waals surface area contributed by atoms with Gasteiger partial charge in [0, 0.05) is 11.8 Å². The Morgan fingerprint density at radius 1 is 1.36 bits per heavy atom. The van der Waals surface area contributed by atoms with Gasteiger partial charge in [-0.2, -0.15) is 5.10 Å². The van der Waals surface area contributed by atoms with Crippen molar-refractivity contribution in [2.45, 2.75) is 33.6 Å². The van der Waals surface area contributed by atoms with Gasteiger partial charge >= 0.3 is 0 Å². The van der Waals surface area contributed by atoms with E-state index in [1.165, 1.54) is 5.56 Å². The van der Waals surface area contributed by atoms with Crippen LogP contribution in [0.4, 0.5) is 0 Å². The van der Waals surface area contributed by atoms with Crippen LogP contribution in [0.25, 0.3) is 12.3 Å². The largest absolute Gasteiger partial charge is 0.241 e. The highest BCUT2D eigenvalue weighted by atomic mass is 15.3. The molecule has 0 saturated carbocycles. The molecule has 1 aromatic heterocycles. The van der Waals surface area contributed by atoms with Gasteiger partial charge in [0.2, 0.25) is 0 Å². The third-order valence-corrected chi connectivity index (χ3v) is 1.85. The van der Waals surface area contributed by atoms with Gasteiger partial charge in [0.15, 0.2) is 0 Å². The summed E-state index contributed by atoms with van der Waals surface area (Å²) in [6.45, 7) is 15.7. The molecular formula is C12H20N2. The van der Waals surface area contributed by atoms with Crippen molar-refractivity contribution in [3.05, 3.63) is 30.6 Å². The Labute approximate surface area is 86.9 Å². The second-order valence-corrected chi connectivity index (χ2v) is 2.97. The van der Waals surface area contributed by atoms with Gasteiger partial charge in [-0.3, -0.25) is 0 Å². The summed E-state index contributed by atoms with van der Waals surface area (Å²) in [6, 6.07) is 0. The van der Waals surface area contributed by atoms with Gasteiger partial charge in [0.1, 0.15) is 0 Å². The standard InChI is InChI=1S/C10H14N2.C2H6/c1-5-10-9(8(3)4)7-11-12(10)6-2;1-2/h5-8H,1-2H2,3-4H3;1-2H3. The van der Waals surface area contributed by atoms with Gasteiger partial charge in [-0.15, -0.1) is 0 Å². The van der Waals surface area contributed by atoms with E-state index in [0.717, 1.165) is 5.69 Å². The van der Waals surface area contributed by atoms with Crippen LogP contribution in [-0.4, -0.2) is 9.78 Å². The molecule has 0 saturated heterocycles. The molecule has 0 aliphatic heterocycles. The van der Waals surface area contributed by atoms with Crippen molar-refractivity contribution >= 4 is 12.3 Å². The fourth-order valence-corrected chi connectivity index (χ4v) is 1.19. The normalized spacial score (nSPS) is 9.21. The maximum absolute atomic E-state index is 4.15. The molecule has 0 unspecified atom stereocenters. The van der Waals surface area contributed by atoms with Crippen molar-refractivity contribution in [2.24, 2.45) is 0 Å². The molecule has 0 bridgehead atoms. The summed E-state index contributed by atoms with van der Waals surface area (Å²) in [5.41, 5.74) is 2.25. The molecule has 0 atom stereocenters. The lowest BCUT2D eigenvalue weighted by molar-refractivity contribution is 0.861. The average Bonchev–Trinajstić information content (AvgIpc) is 2.63. The molecule has 2 heteroatoms. The Morgan fingerprint density at radius 2 is 1.93 bits per heavy atom. The first-order chi connectivity index (χ1) is 6.70. The Kier molecular flexibility index (Phi) is 5.61. The second kappa shape index (κ2) is 6.19. The molecule has 1 heterocycles. The van der Waals surface area contributed by atoms with Crippen LogP contribution in [-0.2, 0) is 0 Å². The summed E-state index contributed by atoms with van der Waals surface area (Å²) in [5.74, 6) is 0.478. The maximum Gasteiger partial charge on any atom is 0.0689 e. The quantitative estimate of drug-likeness (QED) is 0.712. The molecule has 0 radical (unpaired) electrons. The molecule has 0 aromatic carbocycles. The summed E-state index contributed by atoms with van der Waals surface area (Å²) in [7, 11) is 0. The minimum atomic E-state index is 0.478. The number of aromatic nitrogens is 2. The smallest absolute Gasteiger partial charge is 0.0689 e. The monoisotopic (exact) mass is 192 g/mol. The van der Waals surface area contributed by atoms with Gasteiger partial charge in [-0.25, -0.2) is 4.68 Å². The van der Waals surface area contributed by atoms with Crippen molar-refractivity contribution < 1.29 is 0 Å². The first-order valence-electron chi connectivity index (χ1n) is 5.03. The van der Waals surface area contributed by atoms with Crippen LogP contribution >= 0.6 is 0 Å². The number of rotatable bonds is 3. The zero-order chi connectivity index (χ0) is 11.1. The third kappa shape index (κ3) is 2.59. The van der Waals surface area contributed by atoms with Gasteiger partial charge in [0.25, 0.3) is 0 Å². The van der Waals surface area contributed by atoms with E-state index >= 15 is 0 Å². The maximum atomic E-state index is 4.15. The fourth-order valence-electron chi connectivity index (χ4n) is 1.19. The summed E-state index contributed by atoms with van der Waals surface area (Å²) in [4.78, 5) is 0. The molecular weight excluding hydrogens is 172 g/mol. The number of hydrogen-bond acceptors (Lipinski definition) is 1. The second-order valence-electron chi connectivity index (χ2n) is 2.97. The van der Waals surface area contributed by atoms with Crippen molar-refractivity contribution in [1.82, 2.24) is 9.78 Å². The third-order valence-electron chi connectivity index (χ3n) is 1.85. The van der Waals surface area contributed by atoms with Crippen molar-refractivity contribution in [2.75, 3.05) is 0 Å². The Bertz CT molecular complexity index is 295. The van der Waals surface area contributed by atoms with E-state index in [1.807, 2.05) is 26.1 Å². The van der Waals surface area contributed by atoms with Crippen molar-refractivity contribution in [1.29, 1.82) is 0 Å². The molecule has 0 N–H and O–H groups in total. The molecule has 78 valence electrons. The first-order valence-corrected chi connectivity index (χ1v) is 5.03. The van der Waals surface area contributed by atoms with Crippen LogP contribution in [0.2, 0.25) is 0 Å². The van der Waals surface area contributed by atoms with Crippen LogP contribution in [0.5, 0.6) is 0 Å². The van der Waals surface area contributed by atoms with E-state index < -0.39 is 0 Å².